The Morgan fingerprint density at radius 2 is 1.86 bits per heavy atom. The molecule has 0 spiro atoms. The summed E-state index contributed by atoms with van der Waals surface area (Å²) in [5, 5.41) is 10.8. The first-order chi connectivity index (χ1) is 17.3. The van der Waals surface area contributed by atoms with Gasteiger partial charge in [-0.15, -0.1) is 0 Å². The molecule has 0 amide bonds. The molecule has 37 heavy (non-hydrogen) atoms. The molecule has 0 aromatic heterocycles. The molecule has 8 nitrogen and oxygen atoms in total. The molecule has 206 valence electrons. The number of aliphatic hydroxyl groups is 1. The molecule has 0 radical (unpaired) electrons. The molecule has 1 saturated heterocycles. The largest absolute Gasteiger partial charge is 0.484 e. The lowest BCUT2D eigenvalue weighted by molar-refractivity contribution is -0.153. The van der Waals surface area contributed by atoms with Crippen molar-refractivity contribution >= 4 is 12.0 Å². The molecule has 2 aliphatic rings. The van der Waals surface area contributed by atoms with Crippen LogP contribution in [-0.4, -0.2) is 68.0 Å². The molecule has 2 heterocycles. The molecule has 1 aromatic carbocycles. The average Bonchev–Trinajstić information content (AvgIpc) is 3.12. The van der Waals surface area contributed by atoms with Crippen molar-refractivity contribution in [1.82, 2.24) is 0 Å². The van der Waals surface area contributed by atoms with Crippen molar-refractivity contribution in [3.05, 3.63) is 41.5 Å². The van der Waals surface area contributed by atoms with E-state index in [1.54, 1.807) is 45.1 Å². The first kappa shape index (κ1) is 29.0. The van der Waals surface area contributed by atoms with E-state index in [0.29, 0.717) is 0 Å². The summed E-state index contributed by atoms with van der Waals surface area (Å²) in [6.45, 7) is 5.21. The van der Waals surface area contributed by atoms with E-state index in [1.807, 2.05) is 6.92 Å². The highest BCUT2D eigenvalue weighted by atomic mass is 19.4. The topological polar surface area (TPSA) is 92.7 Å². The van der Waals surface area contributed by atoms with Gasteiger partial charge in [-0.1, -0.05) is 31.2 Å². The number of esters is 1. The van der Waals surface area contributed by atoms with Crippen LogP contribution in [0.5, 0.6) is 11.5 Å². The van der Waals surface area contributed by atoms with Gasteiger partial charge >= 0.3 is 12.1 Å². The third kappa shape index (κ3) is 7.94. The van der Waals surface area contributed by atoms with Gasteiger partial charge in [0.25, 0.3) is 0 Å². The number of cyclic esters (lactones) is 1. The Morgan fingerprint density at radius 1 is 1.14 bits per heavy atom. The normalized spacial score (nSPS) is 29.9. The maximum absolute atomic E-state index is 13.3. The number of methoxy groups -OCH3 is 1. The van der Waals surface area contributed by atoms with E-state index in [2.05, 4.69) is 0 Å². The van der Waals surface area contributed by atoms with Crippen LogP contribution in [0.1, 0.15) is 50.0 Å². The van der Waals surface area contributed by atoms with Crippen LogP contribution in [0.2, 0.25) is 0 Å². The number of rotatable bonds is 5. The summed E-state index contributed by atoms with van der Waals surface area (Å²) in [6.07, 6.45) is -0.502. The number of benzene rings is 1. The summed E-state index contributed by atoms with van der Waals surface area (Å²) in [6, 6.07) is 2.50. The van der Waals surface area contributed by atoms with Crippen molar-refractivity contribution in [3.8, 4) is 11.5 Å². The van der Waals surface area contributed by atoms with E-state index in [4.69, 9.17) is 28.4 Å². The fraction of sp³-hybridized carbons (Fsp3) is 0.577. The van der Waals surface area contributed by atoms with E-state index in [9.17, 15) is 23.1 Å². The molecule has 1 aromatic rings. The molecular weight excluding hydrogens is 497 g/mol. The maximum Gasteiger partial charge on any atom is 0.422 e. The Morgan fingerprint density at radius 3 is 2.54 bits per heavy atom. The molecule has 1 fully saturated rings. The average molecular weight is 531 g/mol. The van der Waals surface area contributed by atoms with Gasteiger partial charge in [-0.2, -0.15) is 13.2 Å². The van der Waals surface area contributed by atoms with Crippen LogP contribution in [-0.2, 0) is 18.9 Å². The monoisotopic (exact) mass is 530 g/mol. The van der Waals surface area contributed by atoms with Gasteiger partial charge in [0, 0.05) is 19.1 Å². The third-order valence-electron chi connectivity index (χ3n) is 5.91. The number of ether oxygens (including phenoxy) is 6. The minimum Gasteiger partial charge on any atom is -0.484 e. The van der Waals surface area contributed by atoms with Crippen molar-refractivity contribution in [1.29, 1.82) is 0 Å². The van der Waals surface area contributed by atoms with Gasteiger partial charge in [-0.3, -0.25) is 0 Å². The lowest BCUT2D eigenvalue weighted by atomic mass is 9.99. The first-order valence-corrected chi connectivity index (χ1v) is 11.9. The van der Waals surface area contributed by atoms with Crippen LogP contribution in [0.4, 0.5) is 13.2 Å². The molecule has 1 unspecified atom stereocenters. The predicted molar refractivity (Wildman–Crippen MR) is 127 cm³/mol. The number of alkyl halides is 3. The fourth-order valence-electron chi connectivity index (χ4n) is 4.00. The van der Waals surface area contributed by atoms with Crippen molar-refractivity contribution < 1.29 is 51.5 Å². The Balaban J connectivity index is 2.07. The number of aliphatic hydroxyl groups excluding tert-OH is 1. The Labute approximate surface area is 213 Å². The van der Waals surface area contributed by atoms with Gasteiger partial charge in [-0.05, 0) is 38.8 Å². The van der Waals surface area contributed by atoms with Gasteiger partial charge in [0.2, 0.25) is 0 Å². The number of carbonyl (C=O) groups is 1. The van der Waals surface area contributed by atoms with Crippen molar-refractivity contribution in [3.63, 3.8) is 0 Å². The van der Waals surface area contributed by atoms with Crippen molar-refractivity contribution in [2.24, 2.45) is 5.92 Å². The van der Waals surface area contributed by atoms with Crippen molar-refractivity contribution in [2.45, 2.75) is 70.5 Å². The number of carbonyl (C=O) groups excluding carboxylic acids is 1. The van der Waals surface area contributed by atoms with E-state index < -0.39 is 49.0 Å². The van der Waals surface area contributed by atoms with Crippen LogP contribution in [0.15, 0.2) is 30.4 Å². The highest BCUT2D eigenvalue weighted by molar-refractivity contribution is 5.97. The second-order valence-electron chi connectivity index (χ2n) is 9.46. The lowest BCUT2D eigenvalue weighted by Gasteiger charge is -2.23. The zero-order chi connectivity index (χ0) is 27.4. The molecule has 5 atom stereocenters. The second-order valence-corrected chi connectivity index (χ2v) is 9.46. The van der Waals surface area contributed by atoms with Gasteiger partial charge in [-0.25, -0.2) is 4.79 Å². The Kier molecular flexibility index (Phi) is 9.27. The van der Waals surface area contributed by atoms with Gasteiger partial charge < -0.3 is 33.5 Å². The van der Waals surface area contributed by atoms with Gasteiger partial charge in [0.1, 0.15) is 35.4 Å². The van der Waals surface area contributed by atoms with E-state index in [0.717, 1.165) is 0 Å². The molecule has 11 heteroatoms. The van der Waals surface area contributed by atoms with E-state index in [1.165, 1.54) is 19.2 Å². The third-order valence-corrected chi connectivity index (χ3v) is 5.91. The smallest absolute Gasteiger partial charge is 0.422 e. The molecule has 1 N–H and O–H groups in total. The standard InChI is InChI=1S/C26H33F3O8/c1-15-9-10-19(30)23-20(36-25(3,4)37-23)8-6-7-17-11-18(33-13-26(27,28)29)12-21(34-14-32-5)22(17)24(31)35-16(15)2/h6-7,9-12,15-16,19-20,23,30H,8,13-14H2,1-5H3/b7-6+,10-9-/t15-,16+,19?,20+,23-/m1/s1. The molecule has 0 aliphatic carbocycles. The van der Waals surface area contributed by atoms with Crippen LogP contribution in [0.3, 0.4) is 0 Å². The SMILES string of the molecule is COCOc1cc(OCC(F)(F)F)cc2c1C(=O)O[C@@H](C)[C@H](C)/C=C\C(O)[C@H]1OC(C)(C)O[C@H]1C/C=C/2. The number of fused-ring (bicyclic) bond motifs is 2. The number of hydrogen-bond donors (Lipinski definition) is 1. The molecular formula is C26H33F3O8. The van der Waals surface area contributed by atoms with Crippen LogP contribution < -0.4 is 9.47 Å². The summed E-state index contributed by atoms with van der Waals surface area (Å²) < 4.78 is 71.3. The highest BCUT2D eigenvalue weighted by Gasteiger charge is 2.43. The molecule has 0 bridgehead atoms. The summed E-state index contributed by atoms with van der Waals surface area (Å²) in [5.41, 5.74) is 0.228. The van der Waals surface area contributed by atoms with Crippen molar-refractivity contribution in [2.75, 3.05) is 20.5 Å². The van der Waals surface area contributed by atoms with Gasteiger partial charge in [0.05, 0.1) is 6.10 Å². The van der Waals surface area contributed by atoms with Gasteiger partial charge in [0.15, 0.2) is 19.2 Å². The summed E-state index contributed by atoms with van der Waals surface area (Å²) in [7, 11) is 1.37. The quantitative estimate of drug-likeness (QED) is 0.334. The molecule has 3 rings (SSSR count). The maximum atomic E-state index is 13.3. The predicted octanol–water partition coefficient (Wildman–Crippen LogP) is 4.65. The lowest BCUT2D eigenvalue weighted by Crippen LogP contribution is -2.34. The Hall–Kier alpha value is -2.60. The summed E-state index contributed by atoms with van der Waals surface area (Å²) in [4.78, 5) is 13.3. The van der Waals surface area contributed by atoms with E-state index >= 15 is 0 Å². The number of halogens is 3. The molecule has 2 aliphatic heterocycles. The van der Waals surface area contributed by atoms with Crippen LogP contribution in [0, 0.1) is 5.92 Å². The summed E-state index contributed by atoms with van der Waals surface area (Å²) in [5.74, 6) is -2.16. The molecule has 0 saturated carbocycles. The van der Waals surface area contributed by atoms with E-state index in [-0.39, 0.29) is 41.8 Å². The minimum atomic E-state index is -4.56. The Bertz CT molecular complexity index is 1000. The number of hydrogen-bond acceptors (Lipinski definition) is 8. The minimum absolute atomic E-state index is 0.00764. The summed E-state index contributed by atoms with van der Waals surface area (Å²) >= 11 is 0. The van der Waals surface area contributed by atoms with Crippen LogP contribution >= 0.6 is 0 Å². The zero-order valence-corrected chi connectivity index (χ0v) is 21.4. The van der Waals surface area contributed by atoms with Crippen LogP contribution in [0.25, 0.3) is 6.08 Å². The first-order valence-electron chi connectivity index (χ1n) is 11.9. The fourth-order valence-corrected chi connectivity index (χ4v) is 4.00. The zero-order valence-electron chi connectivity index (χ0n) is 21.4. The highest BCUT2D eigenvalue weighted by Crippen LogP contribution is 2.35. The second kappa shape index (κ2) is 11.8.